The fraction of sp³-hybridized carbons (Fsp3) is 0.875. The SMILES string of the molecule is CCCOCCOC(=O)C(C)Cl. The van der Waals surface area contributed by atoms with Crippen molar-refractivity contribution in [2.75, 3.05) is 19.8 Å². The van der Waals surface area contributed by atoms with Crippen molar-refractivity contribution in [2.24, 2.45) is 0 Å². The molecule has 0 saturated carbocycles. The highest BCUT2D eigenvalue weighted by Crippen LogP contribution is 1.96. The summed E-state index contributed by atoms with van der Waals surface area (Å²) < 4.78 is 9.85. The molecule has 0 aromatic rings. The Kier molecular flexibility index (Phi) is 7.20. The molecular weight excluding hydrogens is 180 g/mol. The molecule has 0 saturated heterocycles. The molecule has 0 N–H and O–H groups in total. The van der Waals surface area contributed by atoms with Crippen LogP contribution in [0, 0.1) is 0 Å². The van der Waals surface area contributed by atoms with Gasteiger partial charge < -0.3 is 9.47 Å². The first-order valence-electron chi connectivity index (χ1n) is 4.07. The topological polar surface area (TPSA) is 35.5 Å². The molecule has 3 nitrogen and oxygen atoms in total. The summed E-state index contributed by atoms with van der Waals surface area (Å²) in [6.45, 7) is 5.04. The molecule has 0 rings (SSSR count). The molecule has 0 fully saturated rings. The van der Waals surface area contributed by atoms with Crippen LogP contribution in [-0.2, 0) is 14.3 Å². The zero-order chi connectivity index (χ0) is 9.40. The lowest BCUT2D eigenvalue weighted by Crippen LogP contribution is -2.17. The number of halogens is 1. The van der Waals surface area contributed by atoms with E-state index in [0.717, 1.165) is 6.42 Å². The Hall–Kier alpha value is -0.280. The van der Waals surface area contributed by atoms with E-state index in [1.165, 1.54) is 0 Å². The van der Waals surface area contributed by atoms with Crippen molar-refractivity contribution >= 4 is 17.6 Å². The van der Waals surface area contributed by atoms with Gasteiger partial charge in [-0.3, -0.25) is 4.79 Å². The van der Waals surface area contributed by atoms with Crippen LogP contribution in [0.2, 0.25) is 0 Å². The molecule has 0 aliphatic carbocycles. The van der Waals surface area contributed by atoms with Gasteiger partial charge in [0.05, 0.1) is 6.61 Å². The van der Waals surface area contributed by atoms with E-state index in [4.69, 9.17) is 21.1 Å². The zero-order valence-corrected chi connectivity index (χ0v) is 8.26. The largest absolute Gasteiger partial charge is 0.462 e. The molecule has 1 atom stereocenters. The third kappa shape index (κ3) is 6.43. The van der Waals surface area contributed by atoms with Crippen LogP contribution in [0.3, 0.4) is 0 Å². The first-order chi connectivity index (χ1) is 5.68. The standard InChI is InChI=1S/C8H15ClO3/c1-3-4-11-5-6-12-8(10)7(2)9/h7H,3-6H2,1-2H3. The summed E-state index contributed by atoms with van der Waals surface area (Å²) >= 11 is 5.45. The Morgan fingerprint density at radius 1 is 1.42 bits per heavy atom. The van der Waals surface area contributed by atoms with E-state index in [-0.39, 0.29) is 6.61 Å². The molecule has 1 unspecified atom stereocenters. The number of alkyl halides is 1. The lowest BCUT2D eigenvalue weighted by molar-refractivity contribution is -0.144. The second-order valence-electron chi connectivity index (χ2n) is 2.40. The van der Waals surface area contributed by atoms with Gasteiger partial charge in [0.25, 0.3) is 0 Å². The van der Waals surface area contributed by atoms with Crippen molar-refractivity contribution in [3.05, 3.63) is 0 Å². The Labute approximate surface area is 78.0 Å². The molecule has 0 radical (unpaired) electrons. The normalized spacial score (nSPS) is 12.6. The summed E-state index contributed by atoms with van der Waals surface area (Å²) in [7, 11) is 0. The van der Waals surface area contributed by atoms with Crippen molar-refractivity contribution in [3.8, 4) is 0 Å². The van der Waals surface area contributed by atoms with Crippen molar-refractivity contribution in [3.63, 3.8) is 0 Å². The first-order valence-corrected chi connectivity index (χ1v) is 4.50. The third-order valence-corrected chi connectivity index (χ3v) is 1.32. The number of esters is 1. The number of carbonyl (C=O) groups excluding carboxylic acids is 1. The predicted molar refractivity (Wildman–Crippen MR) is 47.4 cm³/mol. The van der Waals surface area contributed by atoms with Crippen LogP contribution in [-0.4, -0.2) is 31.2 Å². The van der Waals surface area contributed by atoms with E-state index < -0.39 is 11.3 Å². The van der Waals surface area contributed by atoms with Crippen molar-refractivity contribution < 1.29 is 14.3 Å². The maximum Gasteiger partial charge on any atom is 0.323 e. The van der Waals surface area contributed by atoms with E-state index in [1.54, 1.807) is 6.92 Å². The molecule has 12 heavy (non-hydrogen) atoms. The molecule has 0 spiro atoms. The lowest BCUT2D eigenvalue weighted by Gasteiger charge is -2.05. The number of hydrogen-bond donors (Lipinski definition) is 0. The minimum absolute atomic E-state index is 0.288. The van der Waals surface area contributed by atoms with E-state index in [1.807, 2.05) is 6.92 Å². The molecule has 0 aromatic heterocycles. The number of rotatable bonds is 6. The highest BCUT2D eigenvalue weighted by molar-refractivity contribution is 6.29. The second-order valence-corrected chi connectivity index (χ2v) is 3.05. The molecule has 0 heterocycles. The van der Waals surface area contributed by atoms with Crippen LogP contribution in [0.25, 0.3) is 0 Å². The highest BCUT2D eigenvalue weighted by Gasteiger charge is 2.09. The fourth-order valence-electron chi connectivity index (χ4n) is 0.562. The summed E-state index contributed by atoms with van der Waals surface area (Å²) in [6.07, 6.45) is 0.972. The fourth-order valence-corrected chi connectivity index (χ4v) is 0.625. The Balaban J connectivity index is 3.14. The number of ether oxygens (including phenoxy) is 2. The van der Waals surface area contributed by atoms with Gasteiger partial charge in [0.2, 0.25) is 0 Å². The van der Waals surface area contributed by atoms with Crippen LogP contribution in [0.5, 0.6) is 0 Å². The van der Waals surface area contributed by atoms with Gasteiger partial charge in [-0.1, -0.05) is 6.92 Å². The maximum atomic E-state index is 10.8. The summed E-state index contributed by atoms with van der Waals surface area (Å²) in [5.74, 6) is -0.392. The van der Waals surface area contributed by atoms with Crippen LogP contribution in [0.4, 0.5) is 0 Å². The van der Waals surface area contributed by atoms with Gasteiger partial charge in [-0.05, 0) is 13.3 Å². The van der Waals surface area contributed by atoms with Gasteiger partial charge in [-0.25, -0.2) is 0 Å². The molecule has 0 aliphatic rings. The third-order valence-electron chi connectivity index (χ3n) is 1.15. The Morgan fingerprint density at radius 3 is 2.58 bits per heavy atom. The van der Waals surface area contributed by atoms with Gasteiger partial charge in [-0.15, -0.1) is 11.6 Å². The average molecular weight is 195 g/mol. The van der Waals surface area contributed by atoms with E-state index in [0.29, 0.717) is 13.2 Å². The van der Waals surface area contributed by atoms with E-state index >= 15 is 0 Å². The van der Waals surface area contributed by atoms with Crippen molar-refractivity contribution in [2.45, 2.75) is 25.6 Å². The Morgan fingerprint density at radius 2 is 2.08 bits per heavy atom. The minimum atomic E-state index is -0.573. The first kappa shape index (κ1) is 11.7. The van der Waals surface area contributed by atoms with E-state index in [9.17, 15) is 4.79 Å². The van der Waals surface area contributed by atoms with Gasteiger partial charge in [0.15, 0.2) is 0 Å². The van der Waals surface area contributed by atoms with Gasteiger partial charge in [0, 0.05) is 6.61 Å². The van der Waals surface area contributed by atoms with Crippen LogP contribution < -0.4 is 0 Å². The quantitative estimate of drug-likeness (QED) is 0.366. The maximum absolute atomic E-state index is 10.8. The molecule has 72 valence electrons. The Bertz CT molecular complexity index is 125. The minimum Gasteiger partial charge on any atom is -0.462 e. The van der Waals surface area contributed by atoms with Gasteiger partial charge >= 0.3 is 5.97 Å². The number of carbonyl (C=O) groups is 1. The second kappa shape index (κ2) is 7.37. The van der Waals surface area contributed by atoms with E-state index in [2.05, 4.69) is 0 Å². The molecule has 0 aliphatic heterocycles. The monoisotopic (exact) mass is 194 g/mol. The van der Waals surface area contributed by atoms with Crippen LogP contribution in [0.1, 0.15) is 20.3 Å². The average Bonchev–Trinajstić information content (AvgIpc) is 2.03. The molecule has 0 bridgehead atoms. The van der Waals surface area contributed by atoms with Gasteiger partial charge in [-0.2, -0.15) is 0 Å². The van der Waals surface area contributed by atoms with Crippen LogP contribution in [0.15, 0.2) is 0 Å². The molecular formula is C8H15ClO3. The van der Waals surface area contributed by atoms with Crippen LogP contribution >= 0.6 is 11.6 Å². The summed E-state index contributed by atoms with van der Waals surface area (Å²) in [5.41, 5.74) is 0. The molecule has 4 heteroatoms. The summed E-state index contributed by atoms with van der Waals surface area (Å²) in [6, 6.07) is 0. The number of hydrogen-bond acceptors (Lipinski definition) is 3. The highest BCUT2D eigenvalue weighted by atomic mass is 35.5. The zero-order valence-electron chi connectivity index (χ0n) is 7.51. The molecule has 0 amide bonds. The van der Waals surface area contributed by atoms with Gasteiger partial charge in [0.1, 0.15) is 12.0 Å². The molecule has 0 aromatic carbocycles. The summed E-state index contributed by atoms with van der Waals surface area (Å²) in [4.78, 5) is 10.8. The van der Waals surface area contributed by atoms with Crippen molar-refractivity contribution in [1.29, 1.82) is 0 Å². The van der Waals surface area contributed by atoms with Crippen molar-refractivity contribution in [1.82, 2.24) is 0 Å². The predicted octanol–water partition coefficient (Wildman–Crippen LogP) is 1.58. The smallest absolute Gasteiger partial charge is 0.323 e. The summed E-state index contributed by atoms with van der Waals surface area (Å²) in [5, 5.41) is -0.573. The lowest BCUT2D eigenvalue weighted by atomic mass is 10.5.